The maximum Gasteiger partial charge on any atom is 0.0593 e. The van der Waals surface area contributed by atoms with Gasteiger partial charge in [-0.05, 0) is 20.5 Å². The summed E-state index contributed by atoms with van der Waals surface area (Å²) >= 11 is 0. The summed E-state index contributed by atoms with van der Waals surface area (Å²) in [6.45, 7) is 12.0. The van der Waals surface area contributed by atoms with Gasteiger partial charge in [0.15, 0.2) is 0 Å². The number of nitrogens with zero attached hydrogens (tertiary/aromatic N) is 1. The van der Waals surface area contributed by atoms with E-state index in [1.807, 2.05) is 20.8 Å². The molecule has 0 aliphatic carbocycles. The Kier molecular flexibility index (Phi) is 15.4. The SMILES string of the molecule is CC.CCOCCN(C)CC. The van der Waals surface area contributed by atoms with E-state index in [1.54, 1.807) is 0 Å². The maximum absolute atomic E-state index is 5.16. The van der Waals surface area contributed by atoms with Crippen LogP contribution in [0.25, 0.3) is 0 Å². The fraction of sp³-hybridized carbons (Fsp3) is 1.00. The molecular weight excluding hydrogens is 138 g/mol. The topological polar surface area (TPSA) is 12.5 Å². The summed E-state index contributed by atoms with van der Waals surface area (Å²) in [4.78, 5) is 2.23. The molecule has 11 heavy (non-hydrogen) atoms. The van der Waals surface area contributed by atoms with Crippen molar-refractivity contribution in [3.8, 4) is 0 Å². The minimum Gasteiger partial charge on any atom is -0.380 e. The van der Waals surface area contributed by atoms with Crippen molar-refractivity contribution >= 4 is 0 Å². The maximum atomic E-state index is 5.16. The fourth-order valence-electron chi connectivity index (χ4n) is 0.523. The summed E-state index contributed by atoms with van der Waals surface area (Å²) in [5.41, 5.74) is 0. The Morgan fingerprint density at radius 1 is 1.18 bits per heavy atom. The van der Waals surface area contributed by atoms with E-state index in [4.69, 9.17) is 4.74 Å². The van der Waals surface area contributed by atoms with Gasteiger partial charge in [-0.2, -0.15) is 0 Å². The van der Waals surface area contributed by atoms with Crippen molar-refractivity contribution in [3.63, 3.8) is 0 Å². The number of rotatable bonds is 5. The van der Waals surface area contributed by atoms with E-state index < -0.39 is 0 Å². The molecule has 0 heterocycles. The van der Waals surface area contributed by atoms with Crippen LogP contribution in [-0.2, 0) is 4.74 Å². The Bertz CT molecular complexity index is 57.5. The van der Waals surface area contributed by atoms with Crippen LogP contribution >= 0.6 is 0 Å². The van der Waals surface area contributed by atoms with Crippen LogP contribution in [0, 0.1) is 0 Å². The molecule has 0 aliphatic heterocycles. The van der Waals surface area contributed by atoms with E-state index in [-0.39, 0.29) is 0 Å². The van der Waals surface area contributed by atoms with Crippen LogP contribution in [0.2, 0.25) is 0 Å². The van der Waals surface area contributed by atoms with Crippen LogP contribution in [0.3, 0.4) is 0 Å². The lowest BCUT2D eigenvalue weighted by atomic mass is 10.5. The predicted molar refractivity (Wildman–Crippen MR) is 51.0 cm³/mol. The number of ether oxygens (including phenoxy) is 1. The van der Waals surface area contributed by atoms with Crippen molar-refractivity contribution in [2.75, 3.05) is 33.4 Å². The third-order valence-corrected chi connectivity index (χ3v) is 1.36. The van der Waals surface area contributed by atoms with Crippen molar-refractivity contribution in [2.24, 2.45) is 0 Å². The first-order valence-corrected chi connectivity index (χ1v) is 4.57. The van der Waals surface area contributed by atoms with Crippen LogP contribution in [0.4, 0.5) is 0 Å². The summed E-state index contributed by atoms with van der Waals surface area (Å²) < 4.78 is 5.16. The van der Waals surface area contributed by atoms with Gasteiger partial charge in [0.25, 0.3) is 0 Å². The Labute approximate surface area is 71.5 Å². The lowest BCUT2D eigenvalue weighted by molar-refractivity contribution is 0.124. The molecule has 0 amide bonds. The van der Waals surface area contributed by atoms with Gasteiger partial charge in [0.1, 0.15) is 0 Å². The highest BCUT2D eigenvalue weighted by molar-refractivity contribution is 4.43. The molecule has 0 aliphatic rings. The molecule has 2 heteroatoms. The van der Waals surface area contributed by atoms with Gasteiger partial charge < -0.3 is 9.64 Å². The Morgan fingerprint density at radius 2 is 1.73 bits per heavy atom. The van der Waals surface area contributed by atoms with Crippen molar-refractivity contribution in [3.05, 3.63) is 0 Å². The van der Waals surface area contributed by atoms with Crippen LogP contribution in [0.5, 0.6) is 0 Å². The molecule has 0 saturated carbocycles. The highest BCUT2D eigenvalue weighted by Crippen LogP contribution is 1.80. The van der Waals surface area contributed by atoms with E-state index in [1.165, 1.54) is 0 Å². The normalized spacial score (nSPS) is 9.27. The van der Waals surface area contributed by atoms with Crippen molar-refractivity contribution < 1.29 is 4.74 Å². The molecule has 0 atom stereocenters. The predicted octanol–water partition coefficient (Wildman–Crippen LogP) is 2.00. The van der Waals surface area contributed by atoms with E-state index in [9.17, 15) is 0 Å². The van der Waals surface area contributed by atoms with E-state index >= 15 is 0 Å². The third-order valence-electron chi connectivity index (χ3n) is 1.36. The Hall–Kier alpha value is -0.0800. The monoisotopic (exact) mass is 161 g/mol. The smallest absolute Gasteiger partial charge is 0.0593 e. The number of hydrogen-bond acceptors (Lipinski definition) is 2. The van der Waals surface area contributed by atoms with Gasteiger partial charge >= 0.3 is 0 Å². The molecule has 0 aromatic carbocycles. The van der Waals surface area contributed by atoms with Crippen LogP contribution in [-0.4, -0.2) is 38.3 Å². The molecule has 0 aromatic rings. The summed E-state index contributed by atoms with van der Waals surface area (Å²) in [7, 11) is 2.10. The van der Waals surface area contributed by atoms with E-state index in [2.05, 4.69) is 18.9 Å². The first kappa shape index (κ1) is 13.5. The Morgan fingerprint density at radius 3 is 2.09 bits per heavy atom. The summed E-state index contributed by atoms with van der Waals surface area (Å²) in [6, 6.07) is 0. The third kappa shape index (κ3) is 13.0. The molecule has 0 spiro atoms. The highest BCUT2D eigenvalue weighted by Gasteiger charge is 1.90. The van der Waals surface area contributed by atoms with Crippen molar-refractivity contribution in [1.29, 1.82) is 0 Å². The standard InChI is InChI=1S/C7H17NO.C2H6/c1-4-8(3)6-7-9-5-2;1-2/h4-7H2,1-3H3;1-2H3. The molecule has 0 aromatic heterocycles. The first-order chi connectivity index (χ1) is 5.31. The van der Waals surface area contributed by atoms with Gasteiger partial charge in [-0.25, -0.2) is 0 Å². The van der Waals surface area contributed by atoms with Gasteiger partial charge in [0.2, 0.25) is 0 Å². The minimum absolute atomic E-state index is 0.831. The summed E-state index contributed by atoms with van der Waals surface area (Å²) in [5.74, 6) is 0. The quantitative estimate of drug-likeness (QED) is 0.572. The van der Waals surface area contributed by atoms with Crippen molar-refractivity contribution in [1.82, 2.24) is 4.90 Å². The second kappa shape index (κ2) is 12.6. The molecular formula is C9H23NO. The zero-order valence-corrected chi connectivity index (χ0v) is 8.68. The van der Waals surface area contributed by atoms with Crippen LogP contribution in [0.1, 0.15) is 27.7 Å². The average Bonchev–Trinajstić information content (AvgIpc) is 2.08. The van der Waals surface area contributed by atoms with Gasteiger partial charge in [0, 0.05) is 13.2 Å². The number of hydrogen-bond donors (Lipinski definition) is 0. The highest BCUT2D eigenvalue weighted by atomic mass is 16.5. The lowest BCUT2D eigenvalue weighted by Gasteiger charge is -2.12. The fourth-order valence-corrected chi connectivity index (χ4v) is 0.523. The summed E-state index contributed by atoms with van der Waals surface area (Å²) in [5, 5.41) is 0. The van der Waals surface area contributed by atoms with Gasteiger partial charge in [-0.15, -0.1) is 0 Å². The average molecular weight is 161 g/mol. The van der Waals surface area contributed by atoms with Crippen LogP contribution < -0.4 is 0 Å². The minimum atomic E-state index is 0.831. The largest absolute Gasteiger partial charge is 0.380 e. The van der Waals surface area contributed by atoms with Crippen molar-refractivity contribution in [2.45, 2.75) is 27.7 Å². The first-order valence-electron chi connectivity index (χ1n) is 4.57. The molecule has 0 N–H and O–H groups in total. The lowest BCUT2D eigenvalue weighted by Crippen LogP contribution is -2.22. The molecule has 0 rings (SSSR count). The second-order valence-corrected chi connectivity index (χ2v) is 2.09. The number of likely N-dealkylation sites (N-methyl/N-ethyl adjacent to an activating group) is 1. The van der Waals surface area contributed by atoms with E-state index in [0.29, 0.717) is 0 Å². The Balaban J connectivity index is 0. The van der Waals surface area contributed by atoms with Gasteiger partial charge in [0.05, 0.1) is 6.61 Å². The van der Waals surface area contributed by atoms with Gasteiger partial charge in [-0.1, -0.05) is 20.8 Å². The molecule has 0 unspecified atom stereocenters. The van der Waals surface area contributed by atoms with Crippen LogP contribution in [0.15, 0.2) is 0 Å². The molecule has 70 valence electrons. The molecule has 0 saturated heterocycles. The zero-order chi connectivity index (χ0) is 9.11. The van der Waals surface area contributed by atoms with E-state index in [0.717, 1.165) is 26.3 Å². The molecule has 0 fully saturated rings. The van der Waals surface area contributed by atoms with Gasteiger partial charge in [-0.3, -0.25) is 0 Å². The molecule has 0 radical (unpaired) electrons. The molecule has 2 nitrogen and oxygen atoms in total. The second-order valence-electron chi connectivity index (χ2n) is 2.09. The zero-order valence-electron chi connectivity index (χ0n) is 8.68. The molecule has 0 bridgehead atoms. The summed E-state index contributed by atoms with van der Waals surface area (Å²) in [6.07, 6.45) is 0.